The second-order valence-electron chi connectivity index (χ2n) is 5.05. The van der Waals surface area contributed by atoms with Crippen LogP contribution in [0.2, 0.25) is 0 Å². The fourth-order valence-corrected chi connectivity index (χ4v) is 2.49. The van der Waals surface area contributed by atoms with Crippen LogP contribution in [0.25, 0.3) is 0 Å². The Labute approximate surface area is 121 Å². The third-order valence-electron chi connectivity index (χ3n) is 3.54. The lowest BCUT2D eigenvalue weighted by atomic mass is 9.97. The van der Waals surface area contributed by atoms with Crippen LogP contribution in [-0.4, -0.2) is 30.4 Å². The molecule has 19 heavy (non-hydrogen) atoms. The molecule has 0 aromatic carbocycles. The highest BCUT2D eigenvalue weighted by Gasteiger charge is 2.33. The number of rotatable bonds is 7. The topological polar surface area (TPSA) is 84.2 Å². The normalized spacial score (nSPS) is 16.5. The zero-order valence-electron chi connectivity index (χ0n) is 11.7. The molecular formula is C13H26ClN3O2. The standard InChI is InChI=1S/C13H25N3O2.ClH/c1-2-15-11(17)6-5-7-12(18)16-13(10-14)8-3-4-9-13;/h2-10,14H2,1H3,(H,15,17)(H,16,18);1H. The van der Waals surface area contributed by atoms with Gasteiger partial charge in [-0.25, -0.2) is 0 Å². The molecule has 0 aromatic rings. The first kappa shape index (κ1) is 18.2. The van der Waals surface area contributed by atoms with Crippen LogP contribution in [0.5, 0.6) is 0 Å². The van der Waals surface area contributed by atoms with Crippen LogP contribution in [0, 0.1) is 0 Å². The van der Waals surface area contributed by atoms with E-state index in [0.29, 0.717) is 32.4 Å². The molecule has 0 unspecified atom stereocenters. The molecule has 0 heterocycles. The minimum absolute atomic E-state index is 0. The zero-order chi connectivity index (χ0) is 13.4. The van der Waals surface area contributed by atoms with Gasteiger partial charge in [0.05, 0.1) is 5.54 Å². The lowest BCUT2D eigenvalue weighted by Crippen LogP contribution is -2.51. The fraction of sp³-hybridized carbons (Fsp3) is 0.846. The molecule has 1 aliphatic carbocycles. The molecule has 112 valence electrons. The van der Waals surface area contributed by atoms with Gasteiger partial charge in [-0.1, -0.05) is 12.8 Å². The minimum atomic E-state index is -0.178. The Balaban J connectivity index is 0.00000324. The maximum atomic E-state index is 11.8. The molecule has 6 heteroatoms. The molecule has 0 aliphatic heterocycles. The quantitative estimate of drug-likeness (QED) is 0.657. The van der Waals surface area contributed by atoms with Gasteiger partial charge < -0.3 is 16.4 Å². The van der Waals surface area contributed by atoms with Crippen LogP contribution >= 0.6 is 12.4 Å². The molecule has 1 rings (SSSR count). The van der Waals surface area contributed by atoms with Gasteiger partial charge in [-0.15, -0.1) is 12.4 Å². The van der Waals surface area contributed by atoms with Crippen molar-refractivity contribution in [3.8, 4) is 0 Å². The summed E-state index contributed by atoms with van der Waals surface area (Å²) in [5, 5.41) is 5.77. The molecule has 1 aliphatic rings. The van der Waals surface area contributed by atoms with Gasteiger partial charge >= 0.3 is 0 Å². The van der Waals surface area contributed by atoms with Gasteiger partial charge in [0.2, 0.25) is 11.8 Å². The third kappa shape index (κ3) is 6.25. The molecule has 0 spiro atoms. The molecule has 0 atom stereocenters. The molecule has 0 radical (unpaired) electrons. The van der Waals surface area contributed by atoms with E-state index in [9.17, 15) is 9.59 Å². The predicted octanol–water partition coefficient (Wildman–Crippen LogP) is 1.10. The van der Waals surface area contributed by atoms with Crippen molar-refractivity contribution in [1.29, 1.82) is 0 Å². The third-order valence-corrected chi connectivity index (χ3v) is 3.54. The Morgan fingerprint density at radius 2 is 1.74 bits per heavy atom. The Bertz CT molecular complexity index is 292. The van der Waals surface area contributed by atoms with E-state index >= 15 is 0 Å². The number of amides is 2. The Kier molecular flexibility index (Phi) is 8.76. The van der Waals surface area contributed by atoms with Crippen molar-refractivity contribution in [2.75, 3.05) is 13.1 Å². The van der Waals surface area contributed by atoms with E-state index < -0.39 is 0 Å². The summed E-state index contributed by atoms with van der Waals surface area (Å²) in [6, 6.07) is 0. The lowest BCUT2D eigenvalue weighted by molar-refractivity contribution is -0.123. The summed E-state index contributed by atoms with van der Waals surface area (Å²) >= 11 is 0. The van der Waals surface area contributed by atoms with Gasteiger partial charge in [-0.3, -0.25) is 9.59 Å². The fourth-order valence-electron chi connectivity index (χ4n) is 2.49. The van der Waals surface area contributed by atoms with Crippen LogP contribution < -0.4 is 16.4 Å². The van der Waals surface area contributed by atoms with E-state index in [0.717, 1.165) is 25.7 Å². The Hall–Kier alpha value is -0.810. The second-order valence-corrected chi connectivity index (χ2v) is 5.05. The molecule has 2 amide bonds. The highest BCUT2D eigenvalue weighted by atomic mass is 35.5. The Morgan fingerprint density at radius 3 is 2.26 bits per heavy atom. The van der Waals surface area contributed by atoms with Crippen molar-refractivity contribution in [2.45, 2.75) is 57.4 Å². The van der Waals surface area contributed by atoms with Crippen LogP contribution in [0.1, 0.15) is 51.9 Å². The van der Waals surface area contributed by atoms with Gasteiger partial charge in [-0.05, 0) is 26.2 Å². The van der Waals surface area contributed by atoms with E-state index in [1.165, 1.54) is 0 Å². The zero-order valence-corrected chi connectivity index (χ0v) is 12.5. The first-order valence-corrected chi connectivity index (χ1v) is 6.89. The van der Waals surface area contributed by atoms with Crippen molar-refractivity contribution in [3.63, 3.8) is 0 Å². The van der Waals surface area contributed by atoms with Crippen molar-refractivity contribution in [2.24, 2.45) is 5.73 Å². The number of hydrogen-bond acceptors (Lipinski definition) is 3. The van der Waals surface area contributed by atoms with Crippen LogP contribution in [0.15, 0.2) is 0 Å². The molecule has 0 bridgehead atoms. The largest absolute Gasteiger partial charge is 0.356 e. The molecule has 1 fully saturated rings. The predicted molar refractivity (Wildman–Crippen MR) is 78.2 cm³/mol. The van der Waals surface area contributed by atoms with Crippen molar-refractivity contribution < 1.29 is 9.59 Å². The van der Waals surface area contributed by atoms with Crippen molar-refractivity contribution in [3.05, 3.63) is 0 Å². The summed E-state index contributed by atoms with van der Waals surface area (Å²) in [5.41, 5.74) is 5.58. The number of carbonyl (C=O) groups is 2. The highest BCUT2D eigenvalue weighted by molar-refractivity contribution is 5.85. The average Bonchev–Trinajstić information content (AvgIpc) is 2.78. The lowest BCUT2D eigenvalue weighted by Gasteiger charge is -2.28. The van der Waals surface area contributed by atoms with Crippen molar-refractivity contribution in [1.82, 2.24) is 10.6 Å². The summed E-state index contributed by atoms with van der Waals surface area (Å²) in [4.78, 5) is 23.0. The maximum absolute atomic E-state index is 11.8. The summed E-state index contributed by atoms with van der Waals surface area (Å²) in [6.45, 7) is 3.03. The second kappa shape index (κ2) is 9.15. The van der Waals surface area contributed by atoms with Crippen LogP contribution in [-0.2, 0) is 9.59 Å². The van der Waals surface area contributed by atoms with E-state index in [2.05, 4.69) is 10.6 Å². The van der Waals surface area contributed by atoms with E-state index in [4.69, 9.17) is 5.73 Å². The number of nitrogens with one attached hydrogen (secondary N) is 2. The van der Waals surface area contributed by atoms with Gasteiger partial charge in [0.25, 0.3) is 0 Å². The van der Waals surface area contributed by atoms with E-state index in [1.54, 1.807) is 0 Å². The first-order chi connectivity index (χ1) is 8.62. The summed E-state index contributed by atoms with van der Waals surface area (Å²) in [7, 11) is 0. The molecular weight excluding hydrogens is 266 g/mol. The van der Waals surface area contributed by atoms with Gasteiger partial charge in [0, 0.05) is 25.9 Å². The van der Waals surface area contributed by atoms with E-state index in [-0.39, 0.29) is 29.8 Å². The molecule has 1 saturated carbocycles. The maximum Gasteiger partial charge on any atom is 0.220 e. The number of halogens is 1. The summed E-state index contributed by atoms with van der Waals surface area (Å²) in [5.74, 6) is 0.0337. The summed E-state index contributed by atoms with van der Waals surface area (Å²) in [6.07, 6.45) is 5.64. The summed E-state index contributed by atoms with van der Waals surface area (Å²) < 4.78 is 0. The molecule has 4 N–H and O–H groups in total. The number of carbonyl (C=O) groups excluding carboxylic acids is 2. The number of nitrogens with two attached hydrogens (primary N) is 1. The van der Waals surface area contributed by atoms with E-state index in [1.807, 2.05) is 6.92 Å². The van der Waals surface area contributed by atoms with Gasteiger partial charge in [0.1, 0.15) is 0 Å². The van der Waals surface area contributed by atoms with Crippen LogP contribution in [0.3, 0.4) is 0 Å². The SMILES string of the molecule is CCNC(=O)CCCC(=O)NC1(CN)CCCC1.Cl. The van der Waals surface area contributed by atoms with Crippen LogP contribution in [0.4, 0.5) is 0 Å². The van der Waals surface area contributed by atoms with Gasteiger partial charge in [0.15, 0.2) is 0 Å². The molecule has 0 saturated heterocycles. The van der Waals surface area contributed by atoms with Gasteiger partial charge in [-0.2, -0.15) is 0 Å². The average molecular weight is 292 g/mol. The molecule has 5 nitrogen and oxygen atoms in total. The van der Waals surface area contributed by atoms with Crippen molar-refractivity contribution >= 4 is 24.2 Å². The Morgan fingerprint density at radius 1 is 1.16 bits per heavy atom. The monoisotopic (exact) mass is 291 g/mol. The number of hydrogen-bond donors (Lipinski definition) is 3. The minimum Gasteiger partial charge on any atom is -0.356 e. The highest BCUT2D eigenvalue weighted by Crippen LogP contribution is 2.28. The first-order valence-electron chi connectivity index (χ1n) is 6.89. The smallest absolute Gasteiger partial charge is 0.220 e. The molecule has 0 aromatic heterocycles.